The predicted molar refractivity (Wildman–Crippen MR) is 278 cm³/mol. The second-order valence-corrected chi connectivity index (χ2v) is 25.0. The van der Waals surface area contributed by atoms with Gasteiger partial charge >= 0.3 is 0 Å². The highest BCUT2D eigenvalue weighted by atomic mass is 35.5. The van der Waals surface area contributed by atoms with Crippen molar-refractivity contribution >= 4 is 78.3 Å². The molecule has 20 heteroatoms. The number of amides is 2. The number of carbonyl (C=O) groups excluding carboxylic acids is 2. The molecule has 384 valence electrons. The summed E-state index contributed by atoms with van der Waals surface area (Å²) in [4.78, 5) is 31.1. The third-order valence-electron chi connectivity index (χ3n) is 13.6. The molecule has 8 atom stereocenters. The fourth-order valence-corrected chi connectivity index (χ4v) is 13.4. The van der Waals surface area contributed by atoms with Crippen LogP contribution in [0.15, 0.2) is 97.1 Å². The van der Waals surface area contributed by atoms with Crippen molar-refractivity contribution in [2.24, 2.45) is 0 Å². The van der Waals surface area contributed by atoms with Crippen molar-refractivity contribution in [1.82, 2.24) is 18.4 Å². The number of carbonyl (C=O) groups is 2. The SMILES string of the molecule is CC[C@@H](CN(C)S(=O)(=O)C1CC1)N1C(=O)[C@@H](CC#N)O[C@H](c2cccc(Cl)c2)[C@H]1c1ccc(Cl)cc1.CC[C@@H](CN(C)S(=O)(=O)C1CC1)N1C(=O)[C@H](CC#N)O[C@H](c2cccc(Cl)c2)[C@H]1c1ccc(Cl)cc1. The van der Waals surface area contributed by atoms with Crippen LogP contribution in [0.1, 0.15) is 112 Å². The lowest BCUT2D eigenvalue weighted by molar-refractivity contribution is -0.179. The van der Waals surface area contributed by atoms with Gasteiger partial charge in [-0.15, -0.1) is 0 Å². The second kappa shape index (κ2) is 23.9. The van der Waals surface area contributed by atoms with Crippen LogP contribution in [0.5, 0.6) is 0 Å². The third kappa shape index (κ3) is 12.6. The maximum Gasteiger partial charge on any atom is 0.253 e. The monoisotopic (exact) mass is 1100 g/mol. The van der Waals surface area contributed by atoms with Gasteiger partial charge in [0, 0.05) is 59.4 Å². The van der Waals surface area contributed by atoms with Crippen LogP contribution >= 0.6 is 46.4 Å². The Bertz CT molecular complexity index is 2680. The second-order valence-electron chi connectivity index (χ2n) is 18.6. The molecule has 2 aliphatic carbocycles. The van der Waals surface area contributed by atoms with Crippen LogP contribution in [0.4, 0.5) is 0 Å². The summed E-state index contributed by atoms with van der Waals surface area (Å²) < 4.78 is 67.0. The number of morpholine rings is 2. The van der Waals surface area contributed by atoms with E-state index in [1.165, 1.54) is 8.61 Å². The van der Waals surface area contributed by atoms with Gasteiger partial charge in [0.05, 0.1) is 47.6 Å². The number of likely N-dealkylation sites (N-methyl/N-ethyl adjacent to an activating group) is 2. The molecule has 8 rings (SSSR count). The van der Waals surface area contributed by atoms with E-state index in [4.69, 9.17) is 55.9 Å². The van der Waals surface area contributed by atoms with Gasteiger partial charge in [-0.05, 0) is 109 Å². The van der Waals surface area contributed by atoms with E-state index in [1.54, 1.807) is 72.4 Å². The molecule has 4 fully saturated rings. The molecule has 0 radical (unpaired) electrons. The molecule has 72 heavy (non-hydrogen) atoms. The van der Waals surface area contributed by atoms with E-state index in [2.05, 4.69) is 12.1 Å². The van der Waals surface area contributed by atoms with Crippen LogP contribution in [0.25, 0.3) is 0 Å². The molecule has 2 saturated carbocycles. The molecule has 0 N–H and O–H groups in total. The maximum atomic E-state index is 13.8. The van der Waals surface area contributed by atoms with Crippen molar-refractivity contribution in [3.63, 3.8) is 0 Å². The van der Waals surface area contributed by atoms with Gasteiger partial charge < -0.3 is 19.3 Å². The first-order chi connectivity index (χ1) is 34.3. The molecule has 4 aromatic carbocycles. The zero-order valence-electron chi connectivity index (χ0n) is 40.4. The number of nitrogens with zero attached hydrogens (tertiary/aromatic N) is 6. The Labute approximate surface area is 443 Å². The highest BCUT2D eigenvalue weighted by molar-refractivity contribution is 7.90. The van der Waals surface area contributed by atoms with Gasteiger partial charge in [0.2, 0.25) is 20.0 Å². The van der Waals surface area contributed by atoms with Gasteiger partial charge in [0.1, 0.15) is 24.4 Å². The zero-order valence-corrected chi connectivity index (χ0v) is 45.0. The van der Waals surface area contributed by atoms with Gasteiger partial charge in [-0.2, -0.15) is 10.5 Å². The molecule has 2 amide bonds. The highest BCUT2D eigenvalue weighted by Crippen LogP contribution is 2.47. The number of nitriles is 2. The molecule has 14 nitrogen and oxygen atoms in total. The normalized spacial score (nSPS) is 23.5. The topological polar surface area (TPSA) is 181 Å². The van der Waals surface area contributed by atoms with E-state index < -0.39 is 68.6 Å². The lowest BCUT2D eigenvalue weighted by Crippen LogP contribution is -2.57. The standard InChI is InChI=1S/2C26H29Cl2N3O4S/c2*1-3-21(16-30(2)36(33,34)22-11-12-22)31-24(17-7-9-19(27)10-8-17)25(18-5-4-6-20(28)15-18)35-23(13-14-29)26(31)32/h2*4-10,15,21-25H,3,11-13,16H2,1-2H3/t21-,23+,24+,25+;21-,23-,24+,25+/m00/s1. The Kier molecular flexibility index (Phi) is 18.4. The van der Waals surface area contributed by atoms with E-state index in [1.807, 2.05) is 62.4 Å². The molecule has 0 unspecified atom stereocenters. The van der Waals surface area contributed by atoms with Crippen molar-refractivity contribution in [2.75, 3.05) is 27.2 Å². The Balaban J connectivity index is 0.000000211. The van der Waals surface area contributed by atoms with Gasteiger partial charge in [-0.3, -0.25) is 9.59 Å². The lowest BCUT2D eigenvalue weighted by Gasteiger charge is -2.48. The largest absolute Gasteiger partial charge is 0.357 e. The van der Waals surface area contributed by atoms with E-state index in [9.17, 15) is 36.9 Å². The molecular weight excluding hydrogens is 1040 g/mol. The molecular formula is C52H58Cl4N6O8S2. The summed E-state index contributed by atoms with van der Waals surface area (Å²) in [5.41, 5.74) is 3.10. The summed E-state index contributed by atoms with van der Waals surface area (Å²) in [6, 6.07) is 30.9. The molecule has 2 heterocycles. The average molecular weight is 1100 g/mol. The first-order valence-electron chi connectivity index (χ1n) is 24.0. The number of sulfonamides is 2. The van der Waals surface area contributed by atoms with Crippen LogP contribution in [0, 0.1) is 22.7 Å². The van der Waals surface area contributed by atoms with Crippen molar-refractivity contribution in [3.8, 4) is 12.1 Å². The Morgan fingerprint density at radius 1 is 0.569 bits per heavy atom. The fraction of sp³-hybridized carbons (Fsp3) is 0.462. The summed E-state index contributed by atoms with van der Waals surface area (Å²) in [5, 5.41) is 20.3. The third-order valence-corrected chi connectivity index (χ3v) is 19.2. The molecule has 4 aliphatic rings. The average Bonchev–Trinajstić information content (AvgIpc) is 4.29. The van der Waals surface area contributed by atoms with Gasteiger partial charge in [-0.1, -0.05) is 109 Å². The summed E-state index contributed by atoms with van der Waals surface area (Å²) >= 11 is 24.9. The van der Waals surface area contributed by atoms with Crippen molar-refractivity contribution < 1.29 is 35.9 Å². The van der Waals surface area contributed by atoms with Crippen molar-refractivity contribution in [1.29, 1.82) is 10.5 Å². The van der Waals surface area contributed by atoms with Crippen LogP contribution in [-0.2, 0) is 39.1 Å². The van der Waals surface area contributed by atoms with E-state index in [0.717, 1.165) is 22.3 Å². The van der Waals surface area contributed by atoms with Crippen LogP contribution in [0.2, 0.25) is 20.1 Å². The molecule has 2 saturated heterocycles. The fourth-order valence-electron chi connectivity index (χ4n) is 9.52. The van der Waals surface area contributed by atoms with Crippen LogP contribution < -0.4 is 0 Å². The first kappa shape index (κ1) is 55.5. The quantitative estimate of drug-likeness (QED) is 0.0930. The van der Waals surface area contributed by atoms with Crippen LogP contribution in [-0.4, -0.2) is 109 Å². The number of ether oxygens (including phenoxy) is 2. The number of rotatable bonds is 18. The maximum absolute atomic E-state index is 13.8. The number of halogens is 4. The predicted octanol–water partition coefficient (Wildman–Crippen LogP) is 10.2. The van der Waals surface area contributed by atoms with Gasteiger partial charge in [0.25, 0.3) is 11.8 Å². The Hall–Kier alpha value is -4.30. The summed E-state index contributed by atoms with van der Waals surface area (Å²) in [6.07, 6.45) is 0.221. The lowest BCUT2D eigenvalue weighted by atomic mass is 9.89. The van der Waals surface area contributed by atoms with E-state index >= 15 is 0 Å². The minimum atomic E-state index is -3.43. The smallest absolute Gasteiger partial charge is 0.253 e. The van der Waals surface area contributed by atoms with E-state index in [-0.39, 0.29) is 48.2 Å². The Morgan fingerprint density at radius 3 is 1.21 bits per heavy atom. The molecule has 4 aromatic rings. The van der Waals surface area contributed by atoms with Crippen molar-refractivity contribution in [3.05, 3.63) is 139 Å². The number of benzene rings is 4. The summed E-state index contributed by atoms with van der Waals surface area (Å²) in [7, 11) is -3.73. The molecule has 0 aromatic heterocycles. The first-order valence-corrected chi connectivity index (χ1v) is 28.5. The molecule has 0 bridgehead atoms. The van der Waals surface area contributed by atoms with Crippen molar-refractivity contribution in [2.45, 2.75) is 124 Å². The van der Waals surface area contributed by atoms with E-state index in [0.29, 0.717) is 58.6 Å². The van der Waals surface area contributed by atoms with Gasteiger partial charge in [0.15, 0.2) is 0 Å². The minimum Gasteiger partial charge on any atom is -0.357 e. The van der Waals surface area contributed by atoms with Gasteiger partial charge in [-0.25, -0.2) is 25.4 Å². The Morgan fingerprint density at radius 2 is 0.917 bits per heavy atom. The minimum absolute atomic E-state index is 0.119. The van der Waals surface area contributed by atoms with Crippen LogP contribution in [0.3, 0.4) is 0 Å². The number of hydrogen-bond acceptors (Lipinski definition) is 10. The zero-order chi connectivity index (χ0) is 52.1. The molecule has 2 aliphatic heterocycles. The summed E-state index contributed by atoms with van der Waals surface area (Å²) in [5.74, 6) is -0.669. The highest BCUT2D eigenvalue weighted by Gasteiger charge is 2.50. The summed E-state index contributed by atoms with van der Waals surface area (Å²) in [6.45, 7) is 4.15. The number of hydrogen-bond donors (Lipinski definition) is 0. The molecule has 0 spiro atoms.